The van der Waals surface area contributed by atoms with Gasteiger partial charge in [0.15, 0.2) is 0 Å². The summed E-state index contributed by atoms with van der Waals surface area (Å²) in [7, 11) is 0. The van der Waals surface area contributed by atoms with E-state index in [0.29, 0.717) is 0 Å². The van der Waals surface area contributed by atoms with Crippen molar-refractivity contribution in [3.63, 3.8) is 0 Å². The summed E-state index contributed by atoms with van der Waals surface area (Å²) >= 11 is 1.86. The summed E-state index contributed by atoms with van der Waals surface area (Å²) < 4.78 is 1.40. The maximum absolute atomic E-state index is 3.61. The molecule has 1 N–H and O–H groups in total. The minimum absolute atomic E-state index is 1.23. The Bertz CT molecular complexity index is 1100. The molecule has 0 atom stereocenters. The minimum Gasteiger partial charge on any atom is -0.357 e. The molecule has 4 aromatic rings. The molecular formula is C23H21NS. The Hall–Kier alpha value is -2.32. The molecule has 0 saturated heterocycles. The average Bonchev–Trinajstić information content (AvgIpc) is 3.35. The van der Waals surface area contributed by atoms with Crippen LogP contribution in [-0.4, -0.2) is 4.98 Å². The number of rotatable bonds is 2. The van der Waals surface area contributed by atoms with Crippen LogP contribution in [0.1, 0.15) is 42.5 Å². The molecule has 25 heavy (non-hydrogen) atoms. The predicted molar refractivity (Wildman–Crippen MR) is 109 cm³/mol. The van der Waals surface area contributed by atoms with Crippen LogP contribution >= 0.6 is 11.3 Å². The lowest BCUT2D eigenvalue weighted by Crippen LogP contribution is -1.95. The second-order valence-corrected chi connectivity index (χ2v) is 7.92. The molecule has 1 fully saturated rings. The monoisotopic (exact) mass is 343 g/mol. The summed E-state index contributed by atoms with van der Waals surface area (Å²) in [5.74, 6) is 0. The van der Waals surface area contributed by atoms with E-state index < -0.39 is 0 Å². The van der Waals surface area contributed by atoms with Crippen molar-refractivity contribution >= 4 is 37.9 Å². The SMILES string of the molecule is Cc1[nH]c2ccsc2c1C(=C1CCCC1)c1cccc2ccccc12. The standard InChI is InChI=1S/C23H21NS/c1-15-21(23-20(24-15)13-14-25-23)22(17-8-2-3-9-17)19-12-6-10-16-7-4-5-11-18(16)19/h4-7,10-14,24H,2-3,8-9H2,1H3. The van der Waals surface area contributed by atoms with Crippen molar-refractivity contribution in [2.24, 2.45) is 0 Å². The highest BCUT2D eigenvalue weighted by Gasteiger charge is 2.22. The molecule has 2 aromatic carbocycles. The van der Waals surface area contributed by atoms with Crippen LogP contribution in [0, 0.1) is 6.92 Å². The highest BCUT2D eigenvalue weighted by atomic mass is 32.1. The van der Waals surface area contributed by atoms with Crippen LogP contribution < -0.4 is 0 Å². The van der Waals surface area contributed by atoms with E-state index in [1.54, 1.807) is 5.57 Å². The molecule has 0 radical (unpaired) electrons. The van der Waals surface area contributed by atoms with E-state index in [1.807, 2.05) is 11.3 Å². The summed E-state index contributed by atoms with van der Waals surface area (Å²) in [6, 6.07) is 17.7. The Morgan fingerprint density at radius 2 is 1.76 bits per heavy atom. The van der Waals surface area contributed by atoms with Gasteiger partial charge < -0.3 is 4.98 Å². The van der Waals surface area contributed by atoms with Gasteiger partial charge in [-0.1, -0.05) is 48.0 Å². The molecule has 1 aliphatic rings. The summed E-state index contributed by atoms with van der Waals surface area (Å²) in [6.07, 6.45) is 5.10. The third-order valence-electron chi connectivity index (χ3n) is 5.46. The zero-order valence-corrected chi connectivity index (χ0v) is 15.2. The van der Waals surface area contributed by atoms with Crippen LogP contribution in [-0.2, 0) is 0 Å². The van der Waals surface area contributed by atoms with Crippen LogP contribution in [0.5, 0.6) is 0 Å². The zero-order chi connectivity index (χ0) is 16.8. The molecule has 0 bridgehead atoms. The Morgan fingerprint density at radius 3 is 2.64 bits per heavy atom. The van der Waals surface area contributed by atoms with E-state index in [-0.39, 0.29) is 0 Å². The van der Waals surface area contributed by atoms with Crippen molar-refractivity contribution in [2.45, 2.75) is 32.6 Å². The number of hydrogen-bond donors (Lipinski definition) is 1. The van der Waals surface area contributed by atoms with Gasteiger partial charge >= 0.3 is 0 Å². The zero-order valence-electron chi connectivity index (χ0n) is 14.4. The summed E-state index contributed by atoms with van der Waals surface area (Å²) in [4.78, 5) is 3.61. The van der Waals surface area contributed by atoms with Gasteiger partial charge in [-0.25, -0.2) is 0 Å². The first-order valence-electron chi connectivity index (χ1n) is 9.09. The van der Waals surface area contributed by atoms with Gasteiger partial charge in [0.05, 0.1) is 10.2 Å². The Kier molecular flexibility index (Phi) is 3.53. The Balaban J connectivity index is 1.88. The van der Waals surface area contributed by atoms with Crippen LogP contribution in [0.25, 0.3) is 26.6 Å². The van der Waals surface area contributed by atoms with Crippen LogP contribution in [0.2, 0.25) is 0 Å². The molecule has 1 aliphatic carbocycles. The molecule has 2 heteroatoms. The predicted octanol–water partition coefficient (Wildman–Crippen LogP) is 7.07. The third-order valence-corrected chi connectivity index (χ3v) is 6.39. The largest absolute Gasteiger partial charge is 0.357 e. The van der Waals surface area contributed by atoms with E-state index in [0.717, 1.165) is 0 Å². The van der Waals surface area contributed by atoms with Crippen molar-refractivity contribution in [1.82, 2.24) is 4.98 Å². The molecule has 2 heterocycles. The molecule has 0 amide bonds. The maximum atomic E-state index is 3.61. The Morgan fingerprint density at radius 1 is 0.960 bits per heavy atom. The van der Waals surface area contributed by atoms with Gasteiger partial charge in [0.1, 0.15) is 0 Å². The van der Waals surface area contributed by atoms with Crippen molar-refractivity contribution < 1.29 is 0 Å². The van der Waals surface area contributed by atoms with Crippen molar-refractivity contribution in [2.75, 3.05) is 0 Å². The number of benzene rings is 2. The molecule has 0 spiro atoms. The van der Waals surface area contributed by atoms with E-state index in [4.69, 9.17) is 0 Å². The third kappa shape index (κ3) is 2.36. The smallest absolute Gasteiger partial charge is 0.0601 e. The normalized spacial score (nSPS) is 14.7. The number of hydrogen-bond acceptors (Lipinski definition) is 1. The second kappa shape index (κ2) is 5.89. The lowest BCUT2D eigenvalue weighted by molar-refractivity contribution is 0.886. The van der Waals surface area contributed by atoms with Gasteiger partial charge in [0.25, 0.3) is 0 Å². The van der Waals surface area contributed by atoms with Crippen LogP contribution in [0.3, 0.4) is 0 Å². The van der Waals surface area contributed by atoms with Crippen molar-refractivity contribution in [3.05, 3.63) is 76.3 Å². The molecule has 0 aliphatic heterocycles. The fourth-order valence-corrected chi connectivity index (χ4v) is 5.29. The molecule has 5 rings (SSSR count). The van der Waals surface area contributed by atoms with Gasteiger partial charge in [-0.15, -0.1) is 11.3 Å². The first-order valence-corrected chi connectivity index (χ1v) is 9.97. The van der Waals surface area contributed by atoms with E-state index in [9.17, 15) is 0 Å². The molecule has 1 saturated carbocycles. The number of fused-ring (bicyclic) bond motifs is 2. The summed E-state index contributed by atoms with van der Waals surface area (Å²) in [5, 5.41) is 4.89. The molecule has 0 unspecified atom stereocenters. The number of nitrogens with one attached hydrogen (secondary N) is 1. The highest BCUT2D eigenvalue weighted by Crippen LogP contribution is 2.43. The van der Waals surface area contributed by atoms with E-state index in [1.165, 1.54) is 69.1 Å². The number of allylic oxidation sites excluding steroid dienone is 1. The van der Waals surface area contributed by atoms with Gasteiger partial charge in [0, 0.05) is 11.3 Å². The molecular weight excluding hydrogens is 322 g/mol. The van der Waals surface area contributed by atoms with Crippen LogP contribution in [0.4, 0.5) is 0 Å². The number of aryl methyl sites for hydroxylation is 1. The highest BCUT2D eigenvalue weighted by molar-refractivity contribution is 7.17. The first kappa shape index (κ1) is 15.0. The second-order valence-electron chi connectivity index (χ2n) is 7.00. The van der Waals surface area contributed by atoms with E-state index >= 15 is 0 Å². The minimum atomic E-state index is 1.23. The fraction of sp³-hybridized carbons (Fsp3) is 0.217. The molecule has 1 nitrogen and oxygen atoms in total. The van der Waals surface area contributed by atoms with Crippen molar-refractivity contribution in [3.8, 4) is 0 Å². The number of aromatic nitrogens is 1. The molecule has 2 aromatic heterocycles. The maximum Gasteiger partial charge on any atom is 0.0601 e. The van der Waals surface area contributed by atoms with Gasteiger partial charge in [-0.05, 0) is 66.0 Å². The lowest BCUT2D eigenvalue weighted by Gasteiger charge is -2.15. The van der Waals surface area contributed by atoms with Crippen molar-refractivity contribution in [1.29, 1.82) is 0 Å². The number of aromatic amines is 1. The van der Waals surface area contributed by atoms with Gasteiger partial charge in [-0.2, -0.15) is 0 Å². The first-order chi connectivity index (χ1) is 12.3. The summed E-state index contributed by atoms with van der Waals surface area (Å²) in [6.45, 7) is 2.22. The summed E-state index contributed by atoms with van der Waals surface area (Å²) in [5.41, 5.74) is 8.51. The lowest BCUT2D eigenvalue weighted by atomic mass is 9.89. The topological polar surface area (TPSA) is 15.8 Å². The average molecular weight is 343 g/mol. The quantitative estimate of drug-likeness (QED) is 0.401. The number of thiophene rings is 1. The Labute approximate surface area is 152 Å². The van der Waals surface area contributed by atoms with Crippen LogP contribution in [0.15, 0.2) is 59.5 Å². The fourth-order valence-electron chi connectivity index (χ4n) is 4.33. The number of H-pyrrole nitrogens is 1. The van der Waals surface area contributed by atoms with E-state index in [2.05, 4.69) is 65.8 Å². The van der Waals surface area contributed by atoms with Gasteiger partial charge in [-0.3, -0.25) is 0 Å². The van der Waals surface area contributed by atoms with Gasteiger partial charge in [0.2, 0.25) is 0 Å². The molecule has 124 valence electrons.